The Morgan fingerprint density at radius 2 is 1.86 bits per heavy atom. The number of halogens is 1. The maximum absolute atomic E-state index is 13.6. The highest BCUT2D eigenvalue weighted by atomic mass is 19.1. The first-order chi connectivity index (χ1) is 9.88. The molecule has 0 atom stereocenters. The molecule has 0 aromatic heterocycles. The van der Waals surface area contributed by atoms with Crippen LogP contribution in [0, 0.1) is 12.7 Å². The summed E-state index contributed by atoms with van der Waals surface area (Å²) in [6, 6.07) is 13.5. The molecule has 2 rings (SSSR count). The second-order valence-electron chi connectivity index (χ2n) is 5.36. The molecular formula is C17H18FNO2. The highest BCUT2D eigenvalue weighted by Crippen LogP contribution is 2.22. The number of rotatable bonds is 4. The van der Waals surface area contributed by atoms with Gasteiger partial charge in [-0.3, -0.25) is 4.79 Å². The van der Waals surface area contributed by atoms with Gasteiger partial charge in [-0.2, -0.15) is 0 Å². The maximum Gasteiger partial charge on any atom is 0.268 e. The third-order valence-electron chi connectivity index (χ3n) is 3.03. The van der Waals surface area contributed by atoms with Crippen LogP contribution in [0.3, 0.4) is 0 Å². The summed E-state index contributed by atoms with van der Waals surface area (Å²) in [6.07, 6.45) is 0. The third-order valence-corrected chi connectivity index (χ3v) is 3.03. The minimum atomic E-state index is -1.12. The summed E-state index contributed by atoms with van der Waals surface area (Å²) < 4.78 is 19.3. The molecule has 2 aromatic rings. The molecule has 0 saturated carbocycles. The molecule has 0 aliphatic carbocycles. The van der Waals surface area contributed by atoms with Gasteiger partial charge in [0.25, 0.3) is 5.91 Å². The number of para-hydroxylation sites is 1. The molecule has 4 heteroatoms. The van der Waals surface area contributed by atoms with Gasteiger partial charge in [-0.15, -0.1) is 0 Å². The van der Waals surface area contributed by atoms with Crippen LogP contribution in [-0.2, 0) is 4.79 Å². The topological polar surface area (TPSA) is 38.3 Å². The number of hydrogen-bond acceptors (Lipinski definition) is 2. The monoisotopic (exact) mass is 287 g/mol. The normalized spacial score (nSPS) is 11.0. The standard InChI is InChI=1S/C17H18FNO2/c1-12-7-6-8-13(11-12)21-17(2,3)16(20)19-15-10-5-4-9-14(15)18/h4-11H,1-3H3,(H,19,20). The van der Waals surface area contributed by atoms with Crippen molar-refractivity contribution in [2.24, 2.45) is 0 Å². The van der Waals surface area contributed by atoms with Crippen molar-refractivity contribution >= 4 is 11.6 Å². The Kier molecular flexibility index (Phi) is 4.26. The van der Waals surface area contributed by atoms with Gasteiger partial charge in [-0.1, -0.05) is 24.3 Å². The average molecular weight is 287 g/mol. The molecular weight excluding hydrogens is 269 g/mol. The first kappa shape index (κ1) is 15.0. The molecule has 0 radical (unpaired) electrons. The lowest BCUT2D eigenvalue weighted by Gasteiger charge is -2.25. The van der Waals surface area contributed by atoms with Gasteiger partial charge in [0, 0.05) is 0 Å². The van der Waals surface area contributed by atoms with E-state index in [2.05, 4.69) is 5.32 Å². The fourth-order valence-corrected chi connectivity index (χ4v) is 1.86. The van der Waals surface area contributed by atoms with E-state index in [9.17, 15) is 9.18 Å². The molecule has 110 valence electrons. The largest absolute Gasteiger partial charge is 0.478 e. The first-order valence-corrected chi connectivity index (χ1v) is 6.70. The maximum atomic E-state index is 13.6. The van der Waals surface area contributed by atoms with Crippen LogP contribution >= 0.6 is 0 Å². The smallest absolute Gasteiger partial charge is 0.268 e. The molecule has 0 aliphatic heterocycles. The fraction of sp³-hybridized carbons (Fsp3) is 0.235. The van der Waals surface area contributed by atoms with Crippen molar-refractivity contribution in [3.63, 3.8) is 0 Å². The highest BCUT2D eigenvalue weighted by Gasteiger charge is 2.30. The number of benzene rings is 2. The van der Waals surface area contributed by atoms with Crippen LogP contribution in [0.25, 0.3) is 0 Å². The van der Waals surface area contributed by atoms with Crippen molar-refractivity contribution in [1.29, 1.82) is 0 Å². The minimum absolute atomic E-state index is 0.142. The Morgan fingerprint density at radius 1 is 1.14 bits per heavy atom. The summed E-state index contributed by atoms with van der Waals surface area (Å²) in [4.78, 5) is 12.3. The van der Waals surface area contributed by atoms with Gasteiger partial charge in [0.05, 0.1) is 5.69 Å². The van der Waals surface area contributed by atoms with E-state index in [4.69, 9.17) is 4.74 Å². The Labute approximate surface area is 123 Å². The predicted octanol–water partition coefficient (Wildman–Crippen LogP) is 3.93. The predicted molar refractivity (Wildman–Crippen MR) is 80.9 cm³/mol. The molecule has 0 fully saturated rings. The summed E-state index contributed by atoms with van der Waals surface area (Å²) in [5, 5.41) is 2.55. The first-order valence-electron chi connectivity index (χ1n) is 6.70. The molecule has 21 heavy (non-hydrogen) atoms. The van der Waals surface area contributed by atoms with E-state index < -0.39 is 17.3 Å². The van der Waals surface area contributed by atoms with Crippen molar-refractivity contribution in [3.05, 3.63) is 59.9 Å². The molecule has 0 unspecified atom stereocenters. The quantitative estimate of drug-likeness (QED) is 0.925. The SMILES string of the molecule is Cc1cccc(OC(C)(C)C(=O)Nc2ccccc2F)c1. The van der Waals surface area contributed by atoms with Crippen LogP contribution in [0.2, 0.25) is 0 Å². The summed E-state index contributed by atoms with van der Waals surface area (Å²) in [5.41, 5.74) is 0.0667. The highest BCUT2D eigenvalue weighted by molar-refractivity contribution is 5.97. The second-order valence-corrected chi connectivity index (χ2v) is 5.36. The minimum Gasteiger partial charge on any atom is -0.478 e. The summed E-state index contributed by atoms with van der Waals surface area (Å²) in [6.45, 7) is 5.23. The van der Waals surface area contributed by atoms with Crippen molar-refractivity contribution in [1.82, 2.24) is 0 Å². The van der Waals surface area contributed by atoms with E-state index in [0.717, 1.165) is 5.56 Å². The van der Waals surface area contributed by atoms with Gasteiger partial charge in [0.1, 0.15) is 11.6 Å². The number of aryl methyl sites for hydroxylation is 1. The van der Waals surface area contributed by atoms with Crippen molar-refractivity contribution < 1.29 is 13.9 Å². The summed E-state index contributed by atoms with van der Waals surface area (Å²) in [5.74, 6) is -0.282. The Bertz CT molecular complexity index is 653. The molecule has 3 nitrogen and oxygen atoms in total. The average Bonchev–Trinajstić information content (AvgIpc) is 2.40. The molecule has 0 aliphatic rings. The fourth-order valence-electron chi connectivity index (χ4n) is 1.86. The van der Waals surface area contributed by atoms with Crippen molar-refractivity contribution in [2.45, 2.75) is 26.4 Å². The molecule has 0 heterocycles. The van der Waals surface area contributed by atoms with E-state index in [0.29, 0.717) is 5.75 Å². The molecule has 0 bridgehead atoms. The lowest BCUT2D eigenvalue weighted by Crippen LogP contribution is -2.42. The number of carbonyl (C=O) groups is 1. The van der Waals surface area contributed by atoms with E-state index in [-0.39, 0.29) is 5.69 Å². The van der Waals surface area contributed by atoms with Gasteiger partial charge in [-0.05, 0) is 50.6 Å². The van der Waals surface area contributed by atoms with Crippen LogP contribution in [0.15, 0.2) is 48.5 Å². The number of anilines is 1. The van der Waals surface area contributed by atoms with E-state index in [1.54, 1.807) is 32.0 Å². The Hall–Kier alpha value is -2.36. The van der Waals surface area contributed by atoms with E-state index in [1.807, 2.05) is 25.1 Å². The van der Waals surface area contributed by atoms with Crippen LogP contribution in [-0.4, -0.2) is 11.5 Å². The van der Waals surface area contributed by atoms with Gasteiger partial charge in [-0.25, -0.2) is 4.39 Å². The number of carbonyl (C=O) groups excluding carboxylic acids is 1. The van der Waals surface area contributed by atoms with Crippen LogP contribution in [0.5, 0.6) is 5.75 Å². The van der Waals surface area contributed by atoms with Crippen molar-refractivity contribution in [3.8, 4) is 5.75 Å². The Balaban J connectivity index is 2.12. The molecule has 1 amide bonds. The second kappa shape index (κ2) is 5.95. The summed E-state index contributed by atoms with van der Waals surface area (Å²) in [7, 11) is 0. The number of nitrogens with one attached hydrogen (secondary N) is 1. The van der Waals surface area contributed by atoms with Crippen molar-refractivity contribution in [2.75, 3.05) is 5.32 Å². The Morgan fingerprint density at radius 3 is 2.52 bits per heavy atom. The molecule has 0 spiro atoms. The zero-order valence-corrected chi connectivity index (χ0v) is 12.3. The van der Waals surface area contributed by atoms with Gasteiger partial charge in [0.2, 0.25) is 0 Å². The van der Waals surface area contributed by atoms with Crippen LogP contribution in [0.4, 0.5) is 10.1 Å². The number of ether oxygens (including phenoxy) is 1. The zero-order valence-electron chi connectivity index (χ0n) is 12.3. The van der Waals surface area contributed by atoms with Crippen LogP contribution < -0.4 is 10.1 Å². The van der Waals surface area contributed by atoms with Gasteiger partial charge in [0.15, 0.2) is 5.60 Å². The third kappa shape index (κ3) is 3.81. The van der Waals surface area contributed by atoms with Gasteiger partial charge < -0.3 is 10.1 Å². The van der Waals surface area contributed by atoms with E-state index in [1.165, 1.54) is 12.1 Å². The van der Waals surface area contributed by atoms with Gasteiger partial charge >= 0.3 is 0 Å². The van der Waals surface area contributed by atoms with E-state index >= 15 is 0 Å². The number of amides is 1. The molecule has 0 saturated heterocycles. The lowest BCUT2D eigenvalue weighted by atomic mass is 10.1. The zero-order chi connectivity index (χ0) is 15.5. The molecule has 2 aromatic carbocycles. The lowest BCUT2D eigenvalue weighted by molar-refractivity contribution is -0.128. The van der Waals surface area contributed by atoms with Crippen LogP contribution in [0.1, 0.15) is 19.4 Å². The number of hydrogen-bond donors (Lipinski definition) is 1. The molecule has 1 N–H and O–H groups in total. The summed E-state index contributed by atoms with van der Waals surface area (Å²) >= 11 is 0.